The first-order valence-corrected chi connectivity index (χ1v) is 19.3. The molecular weight excluding hydrogens is 712 g/mol. The number of carbonyl (C=O) groups excluding carboxylic acids is 1. The van der Waals surface area contributed by atoms with Crippen LogP contribution in [0.15, 0.2) is 126 Å². The number of rotatable bonds is 14. The maximum absolute atomic E-state index is 13.2. The van der Waals surface area contributed by atoms with Gasteiger partial charge in [-0.25, -0.2) is 13.1 Å². The van der Waals surface area contributed by atoms with Crippen LogP contribution in [0, 0.1) is 10.1 Å². The van der Waals surface area contributed by atoms with Gasteiger partial charge in [0.15, 0.2) is 0 Å². The zero-order valence-corrected chi connectivity index (χ0v) is 30.9. The van der Waals surface area contributed by atoms with Crippen molar-refractivity contribution in [1.82, 2.24) is 4.72 Å². The van der Waals surface area contributed by atoms with E-state index >= 15 is 0 Å². The van der Waals surface area contributed by atoms with Crippen LogP contribution in [0.2, 0.25) is 5.02 Å². The van der Waals surface area contributed by atoms with Gasteiger partial charge in [-0.3, -0.25) is 14.9 Å². The Morgan fingerprint density at radius 2 is 1.58 bits per heavy atom. The number of nitro groups is 1. The first kappa shape index (κ1) is 37.5. The summed E-state index contributed by atoms with van der Waals surface area (Å²) in [5.74, 6) is -0.835. The molecule has 0 bridgehead atoms. The Morgan fingerprint density at radius 3 is 2.26 bits per heavy atom. The van der Waals surface area contributed by atoms with Gasteiger partial charge in [-0.2, -0.15) is 0 Å². The van der Waals surface area contributed by atoms with Gasteiger partial charge in [-0.05, 0) is 96.5 Å². The van der Waals surface area contributed by atoms with Crippen molar-refractivity contribution >= 4 is 44.6 Å². The molecule has 0 unspecified atom stereocenters. The fraction of sp³-hybridized carbons (Fsp3) is 0.244. The summed E-state index contributed by atoms with van der Waals surface area (Å²) in [6.45, 7) is 1.92. The normalized spacial score (nSPS) is 14.0. The van der Waals surface area contributed by atoms with Gasteiger partial charge in [0.1, 0.15) is 5.69 Å². The summed E-state index contributed by atoms with van der Waals surface area (Å²) in [6, 6.07) is 36.3. The second-order valence-electron chi connectivity index (χ2n) is 13.1. The number of benzene rings is 5. The van der Waals surface area contributed by atoms with Crippen LogP contribution in [-0.2, 0) is 27.6 Å². The second kappa shape index (κ2) is 16.6. The number of methoxy groups -OCH3 is 1. The number of carbonyl (C=O) groups is 1. The molecule has 5 aromatic carbocycles. The zero-order valence-electron chi connectivity index (χ0n) is 29.3. The summed E-state index contributed by atoms with van der Waals surface area (Å²) in [6.07, 6.45) is 3.83. The van der Waals surface area contributed by atoms with E-state index in [1.165, 1.54) is 17.7 Å². The third kappa shape index (κ3) is 9.23. The molecule has 0 saturated carbocycles. The van der Waals surface area contributed by atoms with E-state index in [2.05, 4.69) is 27.1 Å². The standard InChI is InChI=1S/C41H41ClN4O6S/c1-52-41(29-33-11-5-6-12-37(33)31-13-17-34(42)18-14-31)23-26-45(27-24-41)35-19-15-32(16-20-35)40(47)44-53(50,51)36-21-22-38(39(28-36)46(48)49)43-25-7-10-30-8-3-2-4-9-30/h2-6,8-9,11-22,28,43H,7,10,23-27,29H2,1H3,(H,44,47). The van der Waals surface area contributed by atoms with Crippen molar-refractivity contribution in [3.8, 4) is 11.1 Å². The molecule has 1 aliphatic heterocycles. The van der Waals surface area contributed by atoms with Crippen LogP contribution >= 0.6 is 11.6 Å². The molecule has 1 amide bonds. The number of hydrogen-bond acceptors (Lipinski definition) is 8. The second-order valence-corrected chi connectivity index (χ2v) is 15.3. The fourth-order valence-electron chi connectivity index (χ4n) is 6.76. The average molecular weight is 753 g/mol. The minimum atomic E-state index is -4.40. The summed E-state index contributed by atoms with van der Waals surface area (Å²) in [4.78, 5) is 26.1. The number of aryl methyl sites for hydroxylation is 1. The van der Waals surface area contributed by atoms with Crippen molar-refractivity contribution in [3.05, 3.63) is 153 Å². The van der Waals surface area contributed by atoms with Gasteiger partial charge in [0.25, 0.3) is 21.6 Å². The number of anilines is 2. The Bertz CT molecular complexity index is 2160. The van der Waals surface area contributed by atoms with Crippen molar-refractivity contribution in [2.75, 3.05) is 37.0 Å². The third-order valence-electron chi connectivity index (χ3n) is 9.79. The molecule has 0 aromatic heterocycles. The first-order chi connectivity index (χ1) is 25.6. The molecule has 10 nitrogen and oxygen atoms in total. The van der Waals surface area contributed by atoms with E-state index in [0.29, 0.717) is 11.6 Å². The summed E-state index contributed by atoms with van der Waals surface area (Å²) in [5, 5.41) is 15.6. The highest BCUT2D eigenvalue weighted by Crippen LogP contribution is 2.35. The summed E-state index contributed by atoms with van der Waals surface area (Å²) in [5.41, 5.74) is 5.11. The molecular formula is C41H41ClN4O6S. The Labute approximate surface area is 315 Å². The number of nitrogens with zero attached hydrogens (tertiary/aromatic N) is 2. The van der Waals surface area contributed by atoms with Crippen molar-refractivity contribution in [1.29, 1.82) is 0 Å². The highest BCUT2D eigenvalue weighted by atomic mass is 35.5. The molecule has 12 heteroatoms. The largest absolute Gasteiger partial charge is 0.379 e. The minimum absolute atomic E-state index is 0.144. The average Bonchev–Trinajstić information content (AvgIpc) is 3.17. The smallest absolute Gasteiger partial charge is 0.293 e. The Balaban J connectivity index is 1.06. The van der Waals surface area contributed by atoms with Crippen LogP contribution in [0.4, 0.5) is 17.1 Å². The number of nitro benzene ring substituents is 1. The van der Waals surface area contributed by atoms with Crippen molar-refractivity contribution < 1.29 is 22.9 Å². The molecule has 6 rings (SSSR count). The van der Waals surface area contributed by atoms with Gasteiger partial charge in [0.05, 0.1) is 15.4 Å². The number of amides is 1. The molecule has 1 heterocycles. The predicted molar refractivity (Wildman–Crippen MR) is 209 cm³/mol. The van der Waals surface area contributed by atoms with E-state index in [1.54, 1.807) is 31.4 Å². The number of halogens is 1. The molecule has 0 aliphatic carbocycles. The predicted octanol–water partition coefficient (Wildman–Crippen LogP) is 8.31. The minimum Gasteiger partial charge on any atom is -0.379 e. The monoisotopic (exact) mass is 752 g/mol. The molecule has 2 N–H and O–H groups in total. The summed E-state index contributed by atoms with van der Waals surface area (Å²) >= 11 is 6.13. The fourth-order valence-corrected chi connectivity index (χ4v) is 7.88. The Morgan fingerprint density at radius 1 is 0.906 bits per heavy atom. The highest BCUT2D eigenvalue weighted by molar-refractivity contribution is 7.90. The van der Waals surface area contributed by atoms with Crippen molar-refractivity contribution in [2.45, 2.75) is 42.6 Å². The number of sulfonamides is 1. The number of hydrogen-bond donors (Lipinski definition) is 2. The van der Waals surface area contributed by atoms with Gasteiger partial charge < -0.3 is 15.0 Å². The van der Waals surface area contributed by atoms with E-state index in [-0.39, 0.29) is 21.7 Å². The lowest BCUT2D eigenvalue weighted by atomic mass is 9.82. The number of ether oxygens (including phenoxy) is 1. The molecule has 1 aliphatic rings. The van der Waals surface area contributed by atoms with Crippen LogP contribution in [0.25, 0.3) is 11.1 Å². The van der Waals surface area contributed by atoms with E-state index < -0.39 is 26.5 Å². The molecule has 274 valence electrons. The molecule has 1 fully saturated rings. The maximum Gasteiger partial charge on any atom is 0.293 e. The van der Waals surface area contributed by atoms with E-state index in [0.717, 1.165) is 73.6 Å². The van der Waals surface area contributed by atoms with E-state index in [4.69, 9.17) is 16.3 Å². The van der Waals surface area contributed by atoms with Gasteiger partial charge in [0.2, 0.25) is 0 Å². The first-order valence-electron chi connectivity index (χ1n) is 17.4. The Hall–Kier alpha value is -5.23. The SMILES string of the molecule is COC1(Cc2ccccc2-c2ccc(Cl)cc2)CCN(c2ccc(C(=O)NS(=O)(=O)c3ccc(NCCCc4ccccc4)c([N+](=O)[O-])c3)cc2)CC1. The third-order valence-corrected chi connectivity index (χ3v) is 11.4. The van der Waals surface area contributed by atoms with Gasteiger partial charge in [0, 0.05) is 55.5 Å². The number of piperidine rings is 1. The number of nitrogens with one attached hydrogen (secondary N) is 2. The molecule has 0 radical (unpaired) electrons. The van der Waals surface area contributed by atoms with E-state index in [1.807, 2.05) is 66.7 Å². The maximum atomic E-state index is 13.2. The highest BCUT2D eigenvalue weighted by Gasteiger charge is 2.35. The molecule has 5 aromatic rings. The van der Waals surface area contributed by atoms with Crippen LogP contribution in [0.5, 0.6) is 0 Å². The summed E-state index contributed by atoms with van der Waals surface area (Å²) in [7, 11) is -2.64. The molecule has 0 atom stereocenters. The van der Waals surface area contributed by atoms with Crippen molar-refractivity contribution in [2.24, 2.45) is 0 Å². The molecule has 53 heavy (non-hydrogen) atoms. The van der Waals surface area contributed by atoms with Crippen LogP contribution < -0.4 is 14.9 Å². The molecule has 1 saturated heterocycles. The van der Waals surface area contributed by atoms with Gasteiger partial charge in [-0.15, -0.1) is 0 Å². The van der Waals surface area contributed by atoms with Gasteiger partial charge in [-0.1, -0.05) is 78.3 Å². The lowest BCUT2D eigenvalue weighted by molar-refractivity contribution is -0.384. The Kier molecular flexibility index (Phi) is 11.8. The van der Waals surface area contributed by atoms with Crippen LogP contribution in [0.3, 0.4) is 0 Å². The van der Waals surface area contributed by atoms with E-state index in [9.17, 15) is 23.3 Å². The molecule has 0 spiro atoms. The topological polar surface area (TPSA) is 131 Å². The van der Waals surface area contributed by atoms with Crippen LogP contribution in [0.1, 0.15) is 40.7 Å². The van der Waals surface area contributed by atoms with Crippen molar-refractivity contribution in [3.63, 3.8) is 0 Å². The lowest BCUT2D eigenvalue weighted by Gasteiger charge is -2.42. The van der Waals surface area contributed by atoms with Crippen LogP contribution in [-0.4, -0.2) is 51.6 Å². The lowest BCUT2D eigenvalue weighted by Crippen LogP contribution is -2.47. The zero-order chi connectivity index (χ0) is 37.4. The summed E-state index contributed by atoms with van der Waals surface area (Å²) < 4.78 is 34.6. The van der Waals surface area contributed by atoms with Gasteiger partial charge >= 0.3 is 0 Å². The quantitative estimate of drug-likeness (QED) is 0.0658.